The van der Waals surface area contributed by atoms with Crippen molar-refractivity contribution >= 4 is 29.9 Å². The summed E-state index contributed by atoms with van der Waals surface area (Å²) in [6, 6.07) is 15.3. The number of rotatable bonds is 6. The van der Waals surface area contributed by atoms with E-state index in [9.17, 15) is 0 Å². The zero-order chi connectivity index (χ0) is 21.6. The van der Waals surface area contributed by atoms with Gasteiger partial charge in [-0.25, -0.2) is 0 Å². The van der Waals surface area contributed by atoms with Crippen molar-refractivity contribution in [3.05, 3.63) is 66.0 Å². The van der Waals surface area contributed by atoms with Crippen LogP contribution in [0.1, 0.15) is 30.9 Å². The summed E-state index contributed by atoms with van der Waals surface area (Å²) in [5, 5.41) is 3.64. The maximum atomic E-state index is 6.15. The average molecular weight is 550 g/mol. The molecule has 2 fully saturated rings. The van der Waals surface area contributed by atoms with E-state index >= 15 is 0 Å². The molecule has 0 aliphatic carbocycles. The Labute approximate surface area is 209 Å². The lowest BCUT2D eigenvalue weighted by atomic mass is 9.89. The summed E-state index contributed by atoms with van der Waals surface area (Å²) in [6.45, 7) is 9.95. The number of ether oxygens (including phenoxy) is 1. The number of halogens is 1. The minimum absolute atomic E-state index is 0. The Hall–Kier alpha value is -1.71. The van der Waals surface area contributed by atoms with Gasteiger partial charge in [0.25, 0.3) is 0 Å². The van der Waals surface area contributed by atoms with E-state index in [1.54, 1.807) is 0 Å². The zero-order valence-electron chi connectivity index (χ0n) is 19.4. The van der Waals surface area contributed by atoms with Gasteiger partial charge < -0.3 is 15.0 Å². The minimum atomic E-state index is 0. The van der Waals surface area contributed by atoms with E-state index in [4.69, 9.17) is 4.74 Å². The first-order valence-electron chi connectivity index (χ1n) is 11.4. The number of benzene rings is 1. The molecule has 1 aromatic heterocycles. The zero-order valence-corrected chi connectivity index (χ0v) is 21.7. The molecule has 4 rings (SSSR count). The molecule has 3 atom stereocenters. The molecule has 0 radical (unpaired) electrons. The third-order valence-electron chi connectivity index (χ3n) is 6.55. The topological polar surface area (TPSA) is 53.0 Å². The molecule has 1 aromatic carbocycles. The summed E-state index contributed by atoms with van der Waals surface area (Å²) in [5.74, 6) is 1.87. The number of hydrogen-bond donors (Lipinski definition) is 1. The van der Waals surface area contributed by atoms with Crippen LogP contribution in [-0.2, 0) is 11.3 Å². The fourth-order valence-corrected chi connectivity index (χ4v) is 4.81. The van der Waals surface area contributed by atoms with Crippen molar-refractivity contribution in [2.75, 3.05) is 39.8 Å². The molecular weight excluding hydrogens is 513 g/mol. The number of hydrogen-bond acceptors (Lipinski definition) is 4. The molecular formula is C25H36IN5O. The smallest absolute Gasteiger partial charge is 0.193 e. The van der Waals surface area contributed by atoms with Crippen molar-refractivity contribution in [2.24, 2.45) is 10.9 Å². The Morgan fingerprint density at radius 2 is 2.00 bits per heavy atom. The van der Waals surface area contributed by atoms with E-state index in [-0.39, 0.29) is 30.1 Å². The molecule has 32 heavy (non-hydrogen) atoms. The molecule has 0 spiro atoms. The Morgan fingerprint density at radius 1 is 1.19 bits per heavy atom. The second-order valence-electron chi connectivity index (χ2n) is 8.90. The Balaban J connectivity index is 0.00000289. The van der Waals surface area contributed by atoms with E-state index in [2.05, 4.69) is 75.3 Å². The molecule has 174 valence electrons. The third-order valence-corrected chi connectivity index (χ3v) is 6.55. The van der Waals surface area contributed by atoms with E-state index in [0.29, 0.717) is 17.9 Å². The maximum absolute atomic E-state index is 6.15. The molecule has 3 unspecified atom stereocenters. The number of likely N-dealkylation sites (tertiary alicyclic amines) is 1. The summed E-state index contributed by atoms with van der Waals surface area (Å²) < 4.78 is 6.15. The molecule has 0 saturated carbocycles. The van der Waals surface area contributed by atoms with Crippen LogP contribution in [0.25, 0.3) is 0 Å². The number of fused-ring (bicyclic) bond motifs is 1. The monoisotopic (exact) mass is 549 g/mol. The van der Waals surface area contributed by atoms with Crippen LogP contribution in [0.15, 0.2) is 59.9 Å². The van der Waals surface area contributed by atoms with Gasteiger partial charge in [-0.15, -0.1) is 24.0 Å². The predicted molar refractivity (Wildman–Crippen MR) is 141 cm³/mol. The Bertz CT molecular complexity index is 848. The molecule has 0 bridgehead atoms. The lowest BCUT2D eigenvalue weighted by Crippen LogP contribution is -2.50. The molecule has 7 heteroatoms. The second kappa shape index (κ2) is 12.0. The van der Waals surface area contributed by atoms with Gasteiger partial charge in [0.1, 0.15) is 0 Å². The van der Waals surface area contributed by atoms with E-state index < -0.39 is 0 Å². The van der Waals surface area contributed by atoms with Gasteiger partial charge in [-0.3, -0.25) is 14.9 Å². The van der Waals surface area contributed by atoms with E-state index in [0.717, 1.165) is 45.3 Å². The number of nitrogens with zero attached hydrogens (tertiary/aromatic N) is 4. The van der Waals surface area contributed by atoms with Gasteiger partial charge in [0.2, 0.25) is 0 Å². The number of nitrogens with one attached hydrogen (secondary N) is 1. The first-order chi connectivity index (χ1) is 15.2. The molecule has 3 heterocycles. The minimum Gasteiger partial charge on any atom is -0.373 e. The summed E-state index contributed by atoms with van der Waals surface area (Å²) in [6.07, 6.45) is 4.05. The normalized spacial score (nSPS) is 22.4. The van der Waals surface area contributed by atoms with Gasteiger partial charge in [0, 0.05) is 58.1 Å². The van der Waals surface area contributed by atoms with Gasteiger partial charge in [-0.05, 0) is 23.1 Å². The van der Waals surface area contributed by atoms with Gasteiger partial charge in [-0.2, -0.15) is 0 Å². The lowest BCUT2D eigenvalue weighted by Gasteiger charge is -2.36. The van der Waals surface area contributed by atoms with Crippen LogP contribution in [-0.4, -0.2) is 72.7 Å². The number of morpholine rings is 1. The van der Waals surface area contributed by atoms with Gasteiger partial charge in [-0.1, -0.05) is 50.2 Å². The van der Waals surface area contributed by atoms with Crippen LogP contribution >= 0.6 is 24.0 Å². The summed E-state index contributed by atoms with van der Waals surface area (Å²) in [5.41, 5.74) is 2.63. The van der Waals surface area contributed by atoms with Crippen molar-refractivity contribution < 1.29 is 4.74 Å². The fraction of sp³-hybridized carbons (Fsp3) is 0.520. The van der Waals surface area contributed by atoms with Crippen LogP contribution in [0.3, 0.4) is 0 Å². The van der Waals surface area contributed by atoms with E-state index in [1.807, 2.05) is 25.5 Å². The van der Waals surface area contributed by atoms with Crippen molar-refractivity contribution in [3.8, 4) is 0 Å². The van der Waals surface area contributed by atoms with Crippen LogP contribution in [0.4, 0.5) is 0 Å². The first kappa shape index (κ1) is 24.9. The van der Waals surface area contributed by atoms with Crippen LogP contribution in [0.5, 0.6) is 0 Å². The number of aromatic nitrogens is 1. The molecule has 6 nitrogen and oxygen atoms in total. The average Bonchev–Trinajstić information content (AvgIpc) is 3.23. The largest absolute Gasteiger partial charge is 0.373 e. The Morgan fingerprint density at radius 3 is 2.69 bits per heavy atom. The van der Waals surface area contributed by atoms with Crippen molar-refractivity contribution in [1.82, 2.24) is 20.1 Å². The third kappa shape index (κ3) is 5.99. The van der Waals surface area contributed by atoms with Crippen LogP contribution in [0, 0.1) is 5.92 Å². The number of guanidine groups is 1. The molecule has 2 aromatic rings. The predicted octanol–water partition coefficient (Wildman–Crippen LogP) is 3.60. The Kier molecular flexibility index (Phi) is 9.31. The second-order valence-corrected chi connectivity index (χ2v) is 8.90. The maximum Gasteiger partial charge on any atom is 0.193 e. The SMILES string of the molecule is CN=C(NCC(c1cccnc1)C(C)C)N1CC2OCCN(Cc3ccccc3)C2C1.I. The lowest BCUT2D eigenvalue weighted by molar-refractivity contribution is -0.0502. The van der Waals surface area contributed by atoms with Crippen molar-refractivity contribution in [2.45, 2.75) is 38.5 Å². The van der Waals surface area contributed by atoms with Crippen molar-refractivity contribution in [3.63, 3.8) is 0 Å². The number of pyridine rings is 1. The molecule has 2 aliphatic heterocycles. The highest BCUT2D eigenvalue weighted by Gasteiger charge is 2.41. The molecule has 0 amide bonds. The molecule has 1 N–H and O–H groups in total. The van der Waals surface area contributed by atoms with Gasteiger partial charge in [0.05, 0.1) is 18.8 Å². The highest BCUT2D eigenvalue weighted by Crippen LogP contribution is 2.26. The quantitative estimate of drug-likeness (QED) is 0.339. The highest BCUT2D eigenvalue weighted by molar-refractivity contribution is 14.0. The summed E-state index contributed by atoms with van der Waals surface area (Å²) >= 11 is 0. The van der Waals surface area contributed by atoms with Crippen LogP contribution in [0.2, 0.25) is 0 Å². The summed E-state index contributed by atoms with van der Waals surface area (Å²) in [4.78, 5) is 13.9. The fourth-order valence-electron chi connectivity index (χ4n) is 4.81. The highest BCUT2D eigenvalue weighted by atomic mass is 127. The van der Waals surface area contributed by atoms with E-state index in [1.165, 1.54) is 11.1 Å². The first-order valence-corrected chi connectivity index (χ1v) is 11.4. The van der Waals surface area contributed by atoms with Crippen LogP contribution < -0.4 is 5.32 Å². The summed E-state index contributed by atoms with van der Waals surface area (Å²) in [7, 11) is 1.88. The van der Waals surface area contributed by atoms with Gasteiger partial charge in [0.15, 0.2) is 5.96 Å². The number of aliphatic imine (C=N–C) groups is 1. The van der Waals surface area contributed by atoms with Crippen molar-refractivity contribution in [1.29, 1.82) is 0 Å². The molecule has 2 aliphatic rings. The molecule has 2 saturated heterocycles. The standard InChI is InChI=1S/C25H35N5O.HI/c1-19(2)22(21-10-7-11-27-14-21)15-28-25(26-3)30-17-23-24(18-30)31-13-12-29(23)16-20-8-5-4-6-9-20;/h4-11,14,19,22-24H,12-13,15-18H2,1-3H3,(H,26,28);1H. The van der Waals surface area contributed by atoms with Gasteiger partial charge >= 0.3 is 0 Å².